The van der Waals surface area contributed by atoms with E-state index in [4.69, 9.17) is 10.00 Å². The minimum Gasteiger partial charge on any atom is -0.493 e. The summed E-state index contributed by atoms with van der Waals surface area (Å²) < 4.78 is 48.1. The Morgan fingerprint density at radius 1 is 1.09 bits per heavy atom. The Bertz CT molecular complexity index is 1150. The van der Waals surface area contributed by atoms with Gasteiger partial charge in [0.15, 0.2) is 6.19 Å². The van der Waals surface area contributed by atoms with E-state index in [2.05, 4.69) is 26.7 Å². The summed E-state index contributed by atoms with van der Waals surface area (Å²) in [6.07, 6.45) is 0.823. The van der Waals surface area contributed by atoms with Crippen molar-refractivity contribution in [3.05, 3.63) is 42.4 Å². The Balaban J connectivity index is 1.46. The second-order valence-electron chi connectivity index (χ2n) is 7.96. The van der Waals surface area contributed by atoms with E-state index < -0.39 is 11.7 Å². The lowest BCUT2D eigenvalue weighted by atomic mass is 10.1. The van der Waals surface area contributed by atoms with Crippen LogP contribution in [0.1, 0.15) is 18.9 Å². The molecule has 7 nitrogen and oxygen atoms in total. The van der Waals surface area contributed by atoms with Crippen molar-refractivity contribution >= 4 is 11.0 Å². The van der Waals surface area contributed by atoms with E-state index in [1.165, 1.54) is 23.2 Å². The monoisotopic (exact) mass is 458 g/mol. The Hall–Kier alpha value is -3.16. The molecule has 1 saturated heterocycles. The number of likely N-dealkylation sites (N-methyl/N-ethyl adjacent to an activating group) is 1. The van der Waals surface area contributed by atoms with Gasteiger partial charge in [0.1, 0.15) is 17.6 Å². The van der Waals surface area contributed by atoms with Crippen LogP contribution in [0.2, 0.25) is 0 Å². The molecule has 3 aromatic rings. The number of benzene rings is 1. The Morgan fingerprint density at radius 3 is 2.55 bits per heavy atom. The number of nitriles is 1. The molecule has 2 aromatic heterocycles. The van der Waals surface area contributed by atoms with E-state index in [1.807, 2.05) is 6.19 Å². The van der Waals surface area contributed by atoms with E-state index in [0.29, 0.717) is 23.1 Å². The molecule has 0 radical (unpaired) electrons. The van der Waals surface area contributed by atoms with Crippen molar-refractivity contribution in [1.82, 2.24) is 24.3 Å². The first-order chi connectivity index (χ1) is 15.9. The lowest BCUT2D eigenvalue weighted by Gasteiger charge is -2.33. The van der Waals surface area contributed by atoms with Gasteiger partial charge in [0.2, 0.25) is 0 Å². The highest BCUT2D eigenvalue weighted by molar-refractivity contribution is 5.80. The normalized spacial score (nSPS) is 15.6. The van der Waals surface area contributed by atoms with Crippen LogP contribution in [-0.2, 0) is 6.18 Å². The average molecular weight is 458 g/mol. The smallest absolute Gasteiger partial charge is 0.419 e. The summed E-state index contributed by atoms with van der Waals surface area (Å²) in [4.78, 5) is 13.0. The molecule has 1 aliphatic rings. The maximum atomic E-state index is 13.8. The van der Waals surface area contributed by atoms with E-state index >= 15 is 0 Å². The van der Waals surface area contributed by atoms with Crippen LogP contribution >= 0.6 is 0 Å². The molecule has 3 heterocycles. The van der Waals surface area contributed by atoms with Crippen molar-refractivity contribution in [1.29, 1.82) is 5.26 Å². The van der Waals surface area contributed by atoms with Gasteiger partial charge in [-0.15, -0.1) is 0 Å². The number of ether oxygens (including phenoxy) is 1. The fraction of sp³-hybridized carbons (Fsp3) is 0.435. The Labute approximate surface area is 190 Å². The molecule has 0 bridgehead atoms. The molecule has 1 fully saturated rings. The van der Waals surface area contributed by atoms with Gasteiger partial charge in [-0.2, -0.15) is 18.4 Å². The first-order valence-electron chi connectivity index (χ1n) is 10.9. The van der Waals surface area contributed by atoms with Crippen molar-refractivity contribution < 1.29 is 17.9 Å². The van der Waals surface area contributed by atoms with Crippen molar-refractivity contribution in [2.75, 3.05) is 45.9 Å². The van der Waals surface area contributed by atoms with Gasteiger partial charge < -0.3 is 14.5 Å². The molecule has 0 atom stereocenters. The second kappa shape index (κ2) is 9.77. The molecule has 174 valence electrons. The number of nitrogens with zero attached hydrogens (tertiary/aromatic N) is 6. The SMILES string of the molecule is CCN1CCN(CCCOc2ccc(-c3cc4c(cn3)ncn4C#N)cc2C(F)(F)F)CC1. The molecule has 10 heteroatoms. The van der Waals surface area contributed by atoms with Crippen molar-refractivity contribution in [2.24, 2.45) is 0 Å². The van der Waals surface area contributed by atoms with Crippen LogP contribution in [0, 0.1) is 11.5 Å². The highest BCUT2D eigenvalue weighted by atomic mass is 19.4. The third-order valence-electron chi connectivity index (χ3n) is 5.91. The van der Waals surface area contributed by atoms with E-state index in [-0.39, 0.29) is 17.9 Å². The zero-order valence-electron chi connectivity index (χ0n) is 18.3. The van der Waals surface area contributed by atoms with E-state index in [0.717, 1.165) is 45.3 Å². The summed E-state index contributed by atoms with van der Waals surface area (Å²) >= 11 is 0. The van der Waals surface area contributed by atoms with Gasteiger partial charge >= 0.3 is 6.18 Å². The van der Waals surface area contributed by atoms with Crippen molar-refractivity contribution in [2.45, 2.75) is 19.5 Å². The fourth-order valence-electron chi connectivity index (χ4n) is 3.99. The molecule has 4 rings (SSSR count). The summed E-state index contributed by atoms with van der Waals surface area (Å²) in [5.74, 6) is -0.190. The zero-order valence-corrected chi connectivity index (χ0v) is 18.3. The Morgan fingerprint density at radius 2 is 1.85 bits per heavy atom. The van der Waals surface area contributed by atoms with Gasteiger partial charge in [-0.25, -0.2) is 9.55 Å². The third-order valence-corrected chi connectivity index (χ3v) is 5.91. The molecular formula is C23H25F3N6O. The van der Waals surface area contributed by atoms with Crippen LogP contribution in [0.25, 0.3) is 22.3 Å². The number of pyridine rings is 1. The molecule has 1 aliphatic heterocycles. The highest BCUT2D eigenvalue weighted by Gasteiger charge is 2.35. The quantitative estimate of drug-likeness (QED) is 0.501. The molecular weight excluding hydrogens is 433 g/mol. The summed E-state index contributed by atoms with van der Waals surface area (Å²) in [5.41, 5.74) is 0.745. The van der Waals surface area contributed by atoms with Crippen LogP contribution in [-0.4, -0.2) is 70.2 Å². The molecule has 0 spiro atoms. The van der Waals surface area contributed by atoms with E-state index in [1.54, 1.807) is 12.1 Å². The van der Waals surface area contributed by atoms with Crippen molar-refractivity contribution in [3.8, 4) is 23.2 Å². The fourth-order valence-corrected chi connectivity index (χ4v) is 3.99. The first-order valence-corrected chi connectivity index (χ1v) is 10.9. The van der Waals surface area contributed by atoms with Crippen LogP contribution in [0.4, 0.5) is 13.2 Å². The van der Waals surface area contributed by atoms with Crippen LogP contribution in [0.15, 0.2) is 36.8 Å². The number of hydrogen-bond acceptors (Lipinski definition) is 6. The molecule has 33 heavy (non-hydrogen) atoms. The number of hydrogen-bond donors (Lipinski definition) is 0. The molecule has 0 unspecified atom stereocenters. The van der Waals surface area contributed by atoms with Crippen LogP contribution in [0.3, 0.4) is 0 Å². The molecule has 1 aromatic carbocycles. The molecule has 0 aliphatic carbocycles. The van der Waals surface area contributed by atoms with Gasteiger partial charge in [0.25, 0.3) is 0 Å². The number of alkyl halides is 3. The lowest BCUT2D eigenvalue weighted by molar-refractivity contribution is -0.138. The number of piperazine rings is 1. The molecule has 0 amide bonds. The zero-order chi connectivity index (χ0) is 23.4. The van der Waals surface area contributed by atoms with Gasteiger partial charge in [0.05, 0.1) is 29.6 Å². The Kier molecular flexibility index (Phi) is 6.81. The lowest BCUT2D eigenvalue weighted by Crippen LogP contribution is -2.46. The van der Waals surface area contributed by atoms with Crippen LogP contribution in [0.5, 0.6) is 5.75 Å². The summed E-state index contributed by atoms with van der Waals surface area (Å²) in [5, 5.41) is 9.16. The number of aromatic nitrogens is 3. The predicted molar refractivity (Wildman–Crippen MR) is 118 cm³/mol. The van der Waals surface area contributed by atoms with E-state index in [9.17, 15) is 13.2 Å². The largest absolute Gasteiger partial charge is 0.493 e. The van der Waals surface area contributed by atoms with Gasteiger partial charge in [-0.1, -0.05) is 6.92 Å². The first kappa shape index (κ1) is 23.0. The van der Waals surface area contributed by atoms with Gasteiger partial charge in [-0.05, 0) is 37.2 Å². The number of rotatable bonds is 7. The maximum absolute atomic E-state index is 13.8. The minimum absolute atomic E-state index is 0.190. The predicted octanol–water partition coefficient (Wildman–Crippen LogP) is 3.85. The molecule has 0 saturated carbocycles. The number of halogens is 3. The highest BCUT2D eigenvalue weighted by Crippen LogP contribution is 2.39. The van der Waals surface area contributed by atoms with Crippen LogP contribution < -0.4 is 4.74 Å². The number of imidazole rings is 1. The summed E-state index contributed by atoms with van der Waals surface area (Å²) in [7, 11) is 0. The van der Waals surface area contributed by atoms with Gasteiger partial charge in [-0.3, -0.25) is 4.98 Å². The maximum Gasteiger partial charge on any atom is 0.419 e. The minimum atomic E-state index is -4.57. The summed E-state index contributed by atoms with van der Waals surface area (Å²) in [6.45, 7) is 8.17. The van der Waals surface area contributed by atoms with Gasteiger partial charge in [0, 0.05) is 38.3 Å². The summed E-state index contributed by atoms with van der Waals surface area (Å²) in [6, 6.07) is 5.49. The van der Waals surface area contributed by atoms with Crippen molar-refractivity contribution in [3.63, 3.8) is 0 Å². The second-order valence-corrected chi connectivity index (χ2v) is 7.96. The average Bonchev–Trinajstić information content (AvgIpc) is 3.24. The standard InChI is InChI=1S/C23H25F3N6O/c1-2-30-7-9-31(10-8-30)6-3-11-33-22-5-4-17(12-18(22)23(24,25)26)19-13-21-20(14-28-19)29-16-32(21)15-27/h4-5,12-14,16H,2-3,6-11H2,1H3. The molecule has 0 N–H and O–H groups in total. The number of fused-ring (bicyclic) bond motifs is 1. The topological polar surface area (TPSA) is 70.2 Å². The third kappa shape index (κ3) is 5.26.